The highest BCUT2D eigenvalue weighted by atomic mass is 19.3. The van der Waals surface area contributed by atoms with E-state index in [0.29, 0.717) is 5.92 Å². The summed E-state index contributed by atoms with van der Waals surface area (Å²) in [5.41, 5.74) is 2.41. The van der Waals surface area contributed by atoms with Crippen LogP contribution in [0, 0.1) is 0 Å². The number of alkyl halides is 2. The van der Waals surface area contributed by atoms with E-state index in [0.717, 1.165) is 18.5 Å². The molecule has 21 heavy (non-hydrogen) atoms. The molecule has 0 aliphatic carbocycles. The van der Waals surface area contributed by atoms with Crippen LogP contribution in [0.2, 0.25) is 0 Å². The Labute approximate surface area is 122 Å². The maximum Gasteiger partial charge on any atom is 0.387 e. The summed E-state index contributed by atoms with van der Waals surface area (Å²) in [4.78, 5) is 0. The topological polar surface area (TPSA) is 21.3 Å². The summed E-state index contributed by atoms with van der Waals surface area (Å²) in [6.45, 7) is -1.82. The fourth-order valence-electron chi connectivity index (χ4n) is 2.97. The van der Waals surface area contributed by atoms with Crippen LogP contribution in [0.15, 0.2) is 54.6 Å². The average molecular weight is 289 g/mol. The second kappa shape index (κ2) is 6.22. The number of hydrogen-bond donors (Lipinski definition) is 1. The van der Waals surface area contributed by atoms with Gasteiger partial charge in [-0.2, -0.15) is 8.78 Å². The van der Waals surface area contributed by atoms with Crippen molar-refractivity contribution in [2.24, 2.45) is 0 Å². The quantitative estimate of drug-likeness (QED) is 0.914. The van der Waals surface area contributed by atoms with Gasteiger partial charge in [0.2, 0.25) is 0 Å². The monoisotopic (exact) mass is 289 g/mol. The summed E-state index contributed by atoms with van der Waals surface area (Å²) in [7, 11) is 0. The second-order valence-electron chi connectivity index (χ2n) is 5.19. The smallest absolute Gasteiger partial charge is 0.387 e. The van der Waals surface area contributed by atoms with Crippen molar-refractivity contribution in [1.82, 2.24) is 5.32 Å². The summed E-state index contributed by atoms with van der Waals surface area (Å²) in [5.74, 6) is 0.559. The Morgan fingerprint density at radius 2 is 1.67 bits per heavy atom. The first-order valence-electron chi connectivity index (χ1n) is 7.07. The Morgan fingerprint density at radius 3 is 2.33 bits per heavy atom. The molecular weight excluding hydrogens is 272 g/mol. The predicted molar refractivity (Wildman–Crippen MR) is 77.6 cm³/mol. The molecule has 0 saturated carbocycles. The van der Waals surface area contributed by atoms with Crippen LogP contribution < -0.4 is 10.1 Å². The SMILES string of the molecule is FC(F)Oc1ccc(C2CCNC2c2ccccc2)cc1. The summed E-state index contributed by atoms with van der Waals surface area (Å²) in [6.07, 6.45) is 1.04. The van der Waals surface area contributed by atoms with Crippen molar-refractivity contribution in [3.8, 4) is 5.75 Å². The molecule has 110 valence electrons. The molecule has 2 aromatic rings. The Balaban J connectivity index is 1.79. The van der Waals surface area contributed by atoms with Crippen LogP contribution in [0.3, 0.4) is 0 Å². The highest BCUT2D eigenvalue weighted by Gasteiger charge is 2.29. The summed E-state index contributed by atoms with van der Waals surface area (Å²) in [5, 5.41) is 3.52. The molecular formula is C17H17F2NO. The zero-order chi connectivity index (χ0) is 14.7. The Kier molecular flexibility index (Phi) is 4.15. The largest absolute Gasteiger partial charge is 0.435 e. The molecule has 0 amide bonds. The third kappa shape index (κ3) is 3.22. The standard InChI is InChI=1S/C17H17F2NO/c18-17(19)21-14-8-6-12(7-9-14)15-10-11-20-16(15)13-4-2-1-3-5-13/h1-9,15-17,20H,10-11H2. The number of nitrogens with one attached hydrogen (secondary N) is 1. The van der Waals surface area contributed by atoms with E-state index in [4.69, 9.17) is 0 Å². The first-order valence-corrected chi connectivity index (χ1v) is 7.07. The number of hydrogen-bond acceptors (Lipinski definition) is 2. The van der Waals surface area contributed by atoms with Crippen LogP contribution in [0.25, 0.3) is 0 Å². The van der Waals surface area contributed by atoms with Crippen LogP contribution in [0.4, 0.5) is 8.78 Å². The van der Waals surface area contributed by atoms with Gasteiger partial charge in [-0.15, -0.1) is 0 Å². The minimum Gasteiger partial charge on any atom is -0.435 e. The van der Waals surface area contributed by atoms with Crippen LogP contribution in [-0.2, 0) is 0 Å². The highest BCUT2D eigenvalue weighted by molar-refractivity contribution is 5.33. The number of halogens is 2. The molecule has 0 spiro atoms. The molecule has 0 radical (unpaired) electrons. The van der Waals surface area contributed by atoms with E-state index >= 15 is 0 Å². The minimum atomic E-state index is -2.78. The molecule has 1 N–H and O–H groups in total. The van der Waals surface area contributed by atoms with E-state index < -0.39 is 6.61 Å². The van der Waals surface area contributed by atoms with Gasteiger partial charge < -0.3 is 10.1 Å². The highest BCUT2D eigenvalue weighted by Crippen LogP contribution is 2.38. The van der Waals surface area contributed by atoms with Crippen molar-refractivity contribution < 1.29 is 13.5 Å². The van der Waals surface area contributed by atoms with Gasteiger partial charge in [-0.25, -0.2) is 0 Å². The fourth-order valence-corrected chi connectivity index (χ4v) is 2.97. The van der Waals surface area contributed by atoms with Gasteiger partial charge in [0.05, 0.1) is 0 Å². The molecule has 2 aromatic carbocycles. The van der Waals surface area contributed by atoms with Gasteiger partial charge in [0.25, 0.3) is 0 Å². The molecule has 1 aliphatic heterocycles. The first-order chi connectivity index (χ1) is 10.2. The lowest BCUT2D eigenvalue weighted by Crippen LogP contribution is -2.16. The van der Waals surface area contributed by atoms with Crippen molar-refractivity contribution in [1.29, 1.82) is 0 Å². The molecule has 3 rings (SSSR count). The van der Waals surface area contributed by atoms with E-state index in [-0.39, 0.29) is 11.8 Å². The molecule has 1 heterocycles. The average Bonchev–Trinajstić information content (AvgIpc) is 2.98. The van der Waals surface area contributed by atoms with Gasteiger partial charge in [0.15, 0.2) is 0 Å². The van der Waals surface area contributed by atoms with Crippen molar-refractivity contribution >= 4 is 0 Å². The predicted octanol–water partition coefficient (Wildman–Crippen LogP) is 4.11. The van der Waals surface area contributed by atoms with Gasteiger partial charge in [-0.3, -0.25) is 0 Å². The molecule has 1 aliphatic rings. The van der Waals surface area contributed by atoms with Crippen molar-refractivity contribution in [2.75, 3.05) is 6.54 Å². The zero-order valence-electron chi connectivity index (χ0n) is 11.5. The maximum atomic E-state index is 12.2. The molecule has 4 heteroatoms. The lowest BCUT2D eigenvalue weighted by Gasteiger charge is -2.20. The van der Waals surface area contributed by atoms with E-state index in [1.807, 2.05) is 30.3 Å². The van der Waals surface area contributed by atoms with Crippen molar-refractivity contribution in [2.45, 2.75) is 25.0 Å². The number of ether oxygens (including phenoxy) is 1. The van der Waals surface area contributed by atoms with Gasteiger partial charge in [0, 0.05) is 12.0 Å². The van der Waals surface area contributed by atoms with Crippen LogP contribution in [0.1, 0.15) is 29.5 Å². The first kappa shape index (κ1) is 14.0. The van der Waals surface area contributed by atoms with E-state index in [9.17, 15) is 8.78 Å². The summed E-state index contributed by atoms with van der Waals surface area (Å²) < 4.78 is 28.7. The summed E-state index contributed by atoms with van der Waals surface area (Å²) >= 11 is 0. The van der Waals surface area contributed by atoms with E-state index in [1.54, 1.807) is 12.1 Å². The Hall–Kier alpha value is -1.94. The number of benzene rings is 2. The van der Waals surface area contributed by atoms with Crippen LogP contribution in [0.5, 0.6) is 5.75 Å². The van der Waals surface area contributed by atoms with E-state index in [2.05, 4.69) is 22.2 Å². The minimum absolute atomic E-state index is 0.205. The lowest BCUT2D eigenvalue weighted by molar-refractivity contribution is -0.0498. The zero-order valence-corrected chi connectivity index (χ0v) is 11.5. The normalized spacial score (nSPS) is 21.7. The van der Waals surface area contributed by atoms with Crippen LogP contribution in [-0.4, -0.2) is 13.2 Å². The lowest BCUT2D eigenvalue weighted by atomic mass is 9.88. The van der Waals surface area contributed by atoms with Crippen molar-refractivity contribution in [3.05, 3.63) is 65.7 Å². The second-order valence-corrected chi connectivity index (χ2v) is 5.19. The van der Waals surface area contributed by atoms with Gasteiger partial charge in [0.1, 0.15) is 5.75 Å². The Bertz CT molecular complexity index is 571. The van der Waals surface area contributed by atoms with Gasteiger partial charge >= 0.3 is 6.61 Å². The molecule has 0 bridgehead atoms. The molecule has 2 nitrogen and oxygen atoms in total. The van der Waals surface area contributed by atoms with Crippen molar-refractivity contribution in [3.63, 3.8) is 0 Å². The number of rotatable bonds is 4. The molecule has 1 fully saturated rings. The van der Waals surface area contributed by atoms with Gasteiger partial charge in [-0.05, 0) is 36.2 Å². The Morgan fingerprint density at radius 1 is 0.952 bits per heavy atom. The van der Waals surface area contributed by atoms with E-state index in [1.165, 1.54) is 5.56 Å². The fraction of sp³-hybridized carbons (Fsp3) is 0.294. The van der Waals surface area contributed by atoms with Crippen LogP contribution >= 0.6 is 0 Å². The maximum absolute atomic E-state index is 12.2. The third-order valence-corrected chi connectivity index (χ3v) is 3.91. The summed E-state index contributed by atoms with van der Waals surface area (Å²) in [6, 6.07) is 17.6. The molecule has 1 saturated heterocycles. The molecule has 0 aromatic heterocycles. The van der Waals surface area contributed by atoms with Gasteiger partial charge in [-0.1, -0.05) is 42.5 Å². The molecule has 2 unspecified atom stereocenters. The molecule has 2 atom stereocenters. The third-order valence-electron chi connectivity index (χ3n) is 3.91.